The summed E-state index contributed by atoms with van der Waals surface area (Å²) in [6.45, 7) is 1.57. The number of anilines is 2. The molecule has 1 atom stereocenters. The molecule has 1 saturated heterocycles. The number of fused-ring (bicyclic) bond motifs is 1. The van der Waals surface area contributed by atoms with Crippen LogP contribution in [0.1, 0.15) is 12.8 Å². The van der Waals surface area contributed by atoms with Crippen LogP contribution in [-0.4, -0.2) is 41.3 Å². The van der Waals surface area contributed by atoms with Crippen LogP contribution in [0.2, 0.25) is 0 Å². The van der Waals surface area contributed by atoms with E-state index in [0.29, 0.717) is 12.5 Å². The normalized spacial score (nSPS) is 19.7. The maximum absolute atomic E-state index is 9.84. The summed E-state index contributed by atoms with van der Waals surface area (Å²) in [5.41, 5.74) is 0.928. The molecular formula is C14H18N4O. The summed E-state index contributed by atoms with van der Waals surface area (Å²) in [4.78, 5) is 11.2. The molecule has 0 aliphatic carbocycles. The van der Waals surface area contributed by atoms with Gasteiger partial charge in [0.05, 0.1) is 11.6 Å². The van der Waals surface area contributed by atoms with Crippen molar-refractivity contribution in [2.75, 3.05) is 30.4 Å². The number of aliphatic hydroxyl groups is 1. The molecule has 5 heteroatoms. The summed E-state index contributed by atoms with van der Waals surface area (Å²) in [6.07, 6.45) is 1.60. The van der Waals surface area contributed by atoms with Gasteiger partial charge in [-0.3, -0.25) is 0 Å². The Morgan fingerprint density at radius 1 is 1.32 bits per heavy atom. The maximum atomic E-state index is 9.84. The Kier molecular flexibility index (Phi) is 3.21. The van der Waals surface area contributed by atoms with Crippen molar-refractivity contribution in [3.8, 4) is 0 Å². The van der Waals surface area contributed by atoms with Crippen molar-refractivity contribution < 1.29 is 5.11 Å². The average Bonchev–Trinajstić information content (AvgIpc) is 2.46. The minimum atomic E-state index is -0.263. The summed E-state index contributed by atoms with van der Waals surface area (Å²) in [6, 6.07) is 7.99. The molecule has 0 spiro atoms. The molecule has 0 radical (unpaired) electrons. The van der Waals surface area contributed by atoms with Crippen molar-refractivity contribution in [2.24, 2.45) is 0 Å². The summed E-state index contributed by atoms with van der Waals surface area (Å²) < 4.78 is 0. The predicted octanol–water partition coefficient (Wildman–Crippen LogP) is 1.63. The Bertz CT molecular complexity index is 587. The number of nitrogens with one attached hydrogen (secondary N) is 1. The lowest BCUT2D eigenvalue weighted by atomic mass is 10.1. The van der Waals surface area contributed by atoms with E-state index in [0.717, 1.165) is 36.1 Å². The van der Waals surface area contributed by atoms with Gasteiger partial charge in [-0.05, 0) is 25.0 Å². The smallest absolute Gasteiger partial charge is 0.224 e. The van der Waals surface area contributed by atoms with Crippen LogP contribution < -0.4 is 10.2 Å². The SMILES string of the molecule is CNc1nc(N2CCCC(O)C2)c2ccccc2n1. The second kappa shape index (κ2) is 5.01. The van der Waals surface area contributed by atoms with Crippen LogP contribution in [0.3, 0.4) is 0 Å². The van der Waals surface area contributed by atoms with E-state index in [1.165, 1.54) is 0 Å². The molecule has 1 aliphatic rings. The molecule has 2 aromatic rings. The van der Waals surface area contributed by atoms with Crippen molar-refractivity contribution in [2.45, 2.75) is 18.9 Å². The van der Waals surface area contributed by atoms with Gasteiger partial charge in [0.25, 0.3) is 0 Å². The van der Waals surface area contributed by atoms with Gasteiger partial charge < -0.3 is 15.3 Å². The fourth-order valence-electron chi connectivity index (χ4n) is 2.56. The van der Waals surface area contributed by atoms with Gasteiger partial charge in [-0.1, -0.05) is 12.1 Å². The highest BCUT2D eigenvalue weighted by molar-refractivity contribution is 5.90. The van der Waals surface area contributed by atoms with Gasteiger partial charge in [-0.15, -0.1) is 0 Å². The molecule has 5 nitrogen and oxygen atoms in total. The van der Waals surface area contributed by atoms with Crippen molar-refractivity contribution >= 4 is 22.7 Å². The van der Waals surface area contributed by atoms with Crippen LogP contribution in [-0.2, 0) is 0 Å². The van der Waals surface area contributed by atoms with Crippen LogP contribution in [0.25, 0.3) is 10.9 Å². The second-order valence-corrected chi connectivity index (χ2v) is 4.88. The third-order valence-electron chi connectivity index (χ3n) is 3.50. The van der Waals surface area contributed by atoms with Gasteiger partial charge in [0.15, 0.2) is 0 Å². The second-order valence-electron chi connectivity index (χ2n) is 4.88. The lowest BCUT2D eigenvalue weighted by molar-refractivity contribution is 0.154. The van der Waals surface area contributed by atoms with Crippen LogP contribution in [0, 0.1) is 0 Å². The van der Waals surface area contributed by atoms with E-state index in [2.05, 4.69) is 20.2 Å². The van der Waals surface area contributed by atoms with Gasteiger partial charge in [-0.2, -0.15) is 4.98 Å². The summed E-state index contributed by atoms with van der Waals surface area (Å²) in [5, 5.41) is 13.9. The molecule has 0 bridgehead atoms. The first-order valence-electron chi connectivity index (χ1n) is 6.65. The first kappa shape index (κ1) is 12.2. The number of para-hydroxylation sites is 1. The summed E-state index contributed by atoms with van der Waals surface area (Å²) in [5.74, 6) is 1.53. The molecule has 19 heavy (non-hydrogen) atoms. The van der Waals surface area contributed by atoms with E-state index in [1.54, 1.807) is 0 Å². The number of hydrogen-bond donors (Lipinski definition) is 2. The average molecular weight is 258 g/mol. The highest BCUT2D eigenvalue weighted by Gasteiger charge is 2.21. The first-order valence-corrected chi connectivity index (χ1v) is 6.65. The molecule has 1 aliphatic heterocycles. The minimum absolute atomic E-state index is 0.263. The number of rotatable bonds is 2. The molecule has 100 valence electrons. The third kappa shape index (κ3) is 2.33. The van der Waals surface area contributed by atoms with Crippen molar-refractivity contribution in [3.05, 3.63) is 24.3 Å². The zero-order valence-electron chi connectivity index (χ0n) is 11.0. The topological polar surface area (TPSA) is 61.3 Å². The Morgan fingerprint density at radius 2 is 2.16 bits per heavy atom. The molecule has 0 amide bonds. The lowest BCUT2D eigenvalue weighted by Gasteiger charge is -2.31. The molecular weight excluding hydrogens is 240 g/mol. The fourth-order valence-corrected chi connectivity index (χ4v) is 2.56. The molecule has 1 aromatic carbocycles. The van der Waals surface area contributed by atoms with Gasteiger partial charge in [0.2, 0.25) is 5.95 Å². The highest BCUT2D eigenvalue weighted by Crippen LogP contribution is 2.27. The van der Waals surface area contributed by atoms with Gasteiger partial charge in [-0.25, -0.2) is 4.98 Å². The predicted molar refractivity (Wildman–Crippen MR) is 76.5 cm³/mol. The number of piperidine rings is 1. The van der Waals surface area contributed by atoms with E-state index in [9.17, 15) is 5.11 Å². The van der Waals surface area contributed by atoms with Crippen LogP contribution in [0.4, 0.5) is 11.8 Å². The Morgan fingerprint density at radius 3 is 2.95 bits per heavy atom. The fraction of sp³-hybridized carbons (Fsp3) is 0.429. The molecule has 1 fully saturated rings. The molecule has 2 heterocycles. The van der Waals surface area contributed by atoms with E-state index in [1.807, 2.05) is 31.3 Å². The number of hydrogen-bond acceptors (Lipinski definition) is 5. The molecule has 2 N–H and O–H groups in total. The van der Waals surface area contributed by atoms with Gasteiger partial charge >= 0.3 is 0 Å². The third-order valence-corrected chi connectivity index (χ3v) is 3.50. The summed E-state index contributed by atoms with van der Waals surface area (Å²) >= 11 is 0. The van der Waals surface area contributed by atoms with E-state index in [4.69, 9.17) is 0 Å². The molecule has 1 aromatic heterocycles. The van der Waals surface area contributed by atoms with Crippen LogP contribution in [0.15, 0.2) is 24.3 Å². The first-order chi connectivity index (χ1) is 9.28. The number of aliphatic hydroxyl groups excluding tert-OH is 1. The van der Waals surface area contributed by atoms with Gasteiger partial charge in [0.1, 0.15) is 5.82 Å². The number of nitrogens with zero attached hydrogens (tertiary/aromatic N) is 3. The van der Waals surface area contributed by atoms with E-state index >= 15 is 0 Å². The minimum Gasteiger partial charge on any atom is -0.391 e. The quantitative estimate of drug-likeness (QED) is 0.857. The number of benzene rings is 1. The van der Waals surface area contributed by atoms with Crippen molar-refractivity contribution in [1.82, 2.24) is 9.97 Å². The molecule has 1 unspecified atom stereocenters. The van der Waals surface area contributed by atoms with E-state index < -0.39 is 0 Å². The zero-order chi connectivity index (χ0) is 13.2. The monoisotopic (exact) mass is 258 g/mol. The highest BCUT2D eigenvalue weighted by atomic mass is 16.3. The zero-order valence-corrected chi connectivity index (χ0v) is 11.0. The molecule has 3 rings (SSSR count). The molecule has 0 saturated carbocycles. The van der Waals surface area contributed by atoms with Gasteiger partial charge in [0, 0.05) is 25.5 Å². The van der Waals surface area contributed by atoms with Crippen molar-refractivity contribution in [1.29, 1.82) is 0 Å². The summed E-state index contributed by atoms with van der Waals surface area (Å²) in [7, 11) is 1.82. The number of aromatic nitrogens is 2. The largest absolute Gasteiger partial charge is 0.391 e. The van der Waals surface area contributed by atoms with Crippen LogP contribution >= 0.6 is 0 Å². The Balaban J connectivity index is 2.10. The van der Waals surface area contributed by atoms with Crippen LogP contribution in [0.5, 0.6) is 0 Å². The Hall–Kier alpha value is -1.88. The number of β-amino-alcohol motifs (C(OH)–C–C–N with tert-alkyl or cyclic N) is 1. The lowest BCUT2D eigenvalue weighted by Crippen LogP contribution is -2.38. The van der Waals surface area contributed by atoms with E-state index in [-0.39, 0.29) is 6.10 Å². The van der Waals surface area contributed by atoms with Crippen molar-refractivity contribution in [3.63, 3.8) is 0 Å². The maximum Gasteiger partial charge on any atom is 0.224 e. The Labute approximate surface area is 112 Å². The standard InChI is InChI=1S/C14H18N4O/c1-15-14-16-12-7-3-2-6-11(12)13(17-14)18-8-4-5-10(19)9-18/h2-3,6-7,10,19H,4-5,8-9H2,1H3,(H,15,16,17).